The first-order valence-corrected chi connectivity index (χ1v) is 14.5. The third-order valence-electron chi connectivity index (χ3n) is 6.73. The van der Waals surface area contributed by atoms with Crippen LogP contribution in [0.4, 0.5) is 0 Å². The minimum Gasteiger partial charge on any atom is -0.466 e. The maximum Gasteiger partial charge on any atom is 0.330 e. The fraction of sp³-hybridized carbons (Fsp3) is 0.897. The van der Waals surface area contributed by atoms with Crippen molar-refractivity contribution in [3.05, 3.63) is 12.2 Å². The van der Waals surface area contributed by atoms with Crippen molar-refractivity contribution < 1.29 is 19.0 Å². The molecule has 34 heavy (non-hydrogen) atoms. The van der Waals surface area contributed by atoms with E-state index in [2.05, 4.69) is 17.0 Å². The van der Waals surface area contributed by atoms with Crippen LogP contribution in [-0.2, 0) is 19.0 Å². The molecule has 0 bridgehead atoms. The van der Waals surface area contributed by atoms with Crippen molar-refractivity contribution in [2.24, 2.45) is 0 Å². The minimum absolute atomic E-state index is 0.0466. The number of carbonyl (C=O) groups is 1. The number of allylic oxidation sites excluding steroid dienone is 1. The second kappa shape index (κ2) is 23.8. The average molecular weight is 482 g/mol. The van der Waals surface area contributed by atoms with Crippen LogP contribution in [0.3, 0.4) is 0 Å². The predicted octanol–water partition coefficient (Wildman–Crippen LogP) is 7.48. The monoisotopic (exact) mass is 481 g/mol. The zero-order valence-corrected chi connectivity index (χ0v) is 22.5. The molecule has 1 fully saturated rings. The Kier molecular flexibility index (Phi) is 21.8. The van der Waals surface area contributed by atoms with Crippen LogP contribution in [0, 0.1) is 0 Å². The molecule has 0 saturated carbocycles. The van der Waals surface area contributed by atoms with E-state index in [-0.39, 0.29) is 12.3 Å². The lowest BCUT2D eigenvalue weighted by atomic mass is 10.00. The standard InChI is InChI=1S/C29H55NO4/c1-3-4-5-6-7-8-9-13-20-27(21-14-10-11-15-22-28(31)32-2)30-24-17-12-18-25-33-29-23-16-19-26-34-29/h15,22,27,29-30H,3-14,16-21,23-26H2,1-2H3. The van der Waals surface area contributed by atoms with Crippen LogP contribution < -0.4 is 5.32 Å². The molecule has 5 heteroatoms. The van der Waals surface area contributed by atoms with Gasteiger partial charge >= 0.3 is 5.97 Å². The van der Waals surface area contributed by atoms with Gasteiger partial charge in [0.05, 0.1) is 7.11 Å². The van der Waals surface area contributed by atoms with Gasteiger partial charge in [0, 0.05) is 25.3 Å². The van der Waals surface area contributed by atoms with Crippen molar-refractivity contribution in [1.29, 1.82) is 0 Å². The molecule has 2 atom stereocenters. The summed E-state index contributed by atoms with van der Waals surface area (Å²) in [6.07, 6.45) is 27.4. The van der Waals surface area contributed by atoms with Crippen LogP contribution in [0.15, 0.2) is 12.2 Å². The molecule has 0 aliphatic carbocycles. The lowest BCUT2D eigenvalue weighted by molar-refractivity contribution is -0.162. The van der Waals surface area contributed by atoms with E-state index in [1.807, 2.05) is 6.08 Å². The van der Waals surface area contributed by atoms with E-state index in [4.69, 9.17) is 9.47 Å². The molecule has 0 amide bonds. The van der Waals surface area contributed by atoms with Crippen molar-refractivity contribution in [3.8, 4) is 0 Å². The lowest BCUT2D eigenvalue weighted by Gasteiger charge is -2.22. The molecule has 1 aliphatic rings. The molecule has 0 aromatic rings. The molecule has 200 valence electrons. The van der Waals surface area contributed by atoms with Crippen LogP contribution in [0.2, 0.25) is 0 Å². The summed E-state index contributed by atoms with van der Waals surface area (Å²) in [6.45, 7) is 5.06. The molecule has 0 aromatic heterocycles. The highest BCUT2D eigenvalue weighted by Crippen LogP contribution is 2.15. The number of ether oxygens (including phenoxy) is 3. The summed E-state index contributed by atoms with van der Waals surface area (Å²) >= 11 is 0. The molecule has 1 rings (SSSR count). The highest BCUT2D eigenvalue weighted by Gasteiger charge is 2.13. The van der Waals surface area contributed by atoms with E-state index in [1.165, 1.54) is 103 Å². The van der Waals surface area contributed by atoms with Crippen LogP contribution in [-0.4, -0.2) is 45.2 Å². The number of methoxy groups -OCH3 is 1. The maximum absolute atomic E-state index is 11.2. The topological polar surface area (TPSA) is 56.8 Å². The second-order valence-electron chi connectivity index (χ2n) is 9.85. The van der Waals surface area contributed by atoms with Crippen LogP contribution in [0.25, 0.3) is 0 Å². The van der Waals surface area contributed by atoms with Gasteiger partial charge in [-0.1, -0.05) is 70.8 Å². The molecule has 1 saturated heterocycles. The normalized spacial score (nSPS) is 17.3. The zero-order valence-electron chi connectivity index (χ0n) is 22.5. The third kappa shape index (κ3) is 19.4. The van der Waals surface area contributed by atoms with Crippen molar-refractivity contribution in [1.82, 2.24) is 5.32 Å². The van der Waals surface area contributed by atoms with E-state index in [9.17, 15) is 4.79 Å². The van der Waals surface area contributed by atoms with Gasteiger partial charge in [-0.3, -0.25) is 0 Å². The first kappa shape index (κ1) is 31.1. The summed E-state index contributed by atoms with van der Waals surface area (Å²) in [4.78, 5) is 11.2. The summed E-state index contributed by atoms with van der Waals surface area (Å²) < 4.78 is 16.1. The highest BCUT2D eigenvalue weighted by atomic mass is 16.7. The van der Waals surface area contributed by atoms with Crippen molar-refractivity contribution in [3.63, 3.8) is 0 Å². The quantitative estimate of drug-likeness (QED) is 0.0931. The van der Waals surface area contributed by atoms with Gasteiger partial charge in [-0.25, -0.2) is 4.79 Å². The first-order chi connectivity index (χ1) is 16.8. The SMILES string of the molecule is CCCCCCCCCCC(CCCCC=CC(=O)OC)NCCCCCOC1CCCCO1. The molecule has 1 heterocycles. The number of carbonyl (C=O) groups excluding carboxylic acids is 1. The Balaban J connectivity index is 2.13. The molecule has 1 aliphatic heterocycles. The zero-order chi connectivity index (χ0) is 24.5. The van der Waals surface area contributed by atoms with E-state index < -0.39 is 0 Å². The molecule has 0 aromatic carbocycles. The number of hydrogen-bond acceptors (Lipinski definition) is 5. The molecule has 1 N–H and O–H groups in total. The number of hydrogen-bond donors (Lipinski definition) is 1. The Labute approximate surface area is 210 Å². The van der Waals surface area contributed by atoms with Gasteiger partial charge in [0.2, 0.25) is 0 Å². The first-order valence-electron chi connectivity index (χ1n) is 14.5. The molecule has 5 nitrogen and oxygen atoms in total. The Hall–Kier alpha value is -0.910. The van der Waals surface area contributed by atoms with Gasteiger partial charge < -0.3 is 19.5 Å². The smallest absolute Gasteiger partial charge is 0.330 e. The fourth-order valence-corrected chi connectivity index (χ4v) is 4.54. The predicted molar refractivity (Wildman–Crippen MR) is 142 cm³/mol. The number of esters is 1. The van der Waals surface area contributed by atoms with Crippen molar-refractivity contribution in [2.75, 3.05) is 26.9 Å². The van der Waals surface area contributed by atoms with E-state index in [0.717, 1.165) is 45.4 Å². The highest BCUT2D eigenvalue weighted by molar-refractivity contribution is 5.81. The van der Waals surface area contributed by atoms with Gasteiger partial charge in [0.25, 0.3) is 0 Å². The maximum atomic E-state index is 11.2. The molecular formula is C29H55NO4. The minimum atomic E-state index is -0.258. The van der Waals surface area contributed by atoms with E-state index in [1.54, 1.807) is 6.08 Å². The Morgan fingerprint density at radius 2 is 1.65 bits per heavy atom. The Morgan fingerprint density at radius 3 is 2.35 bits per heavy atom. The summed E-state index contributed by atoms with van der Waals surface area (Å²) in [5.41, 5.74) is 0. The molecule has 0 spiro atoms. The van der Waals surface area contributed by atoms with E-state index in [0.29, 0.717) is 6.04 Å². The lowest BCUT2D eigenvalue weighted by Crippen LogP contribution is -2.30. The fourth-order valence-electron chi connectivity index (χ4n) is 4.54. The van der Waals surface area contributed by atoms with Crippen LogP contribution in [0.5, 0.6) is 0 Å². The largest absolute Gasteiger partial charge is 0.466 e. The number of unbranched alkanes of at least 4 members (excludes halogenated alkanes) is 11. The summed E-state index contributed by atoms with van der Waals surface area (Å²) in [7, 11) is 1.42. The summed E-state index contributed by atoms with van der Waals surface area (Å²) in [5.74, 6) is -0.258. The molecule has 2 unspecified atom stereocenters. The van der Waals surface area contributed by atoms with Gasteiger partial charge in [-0.2, -0.15) is 0 Å². The third-order valence-corrected chi connectivity index (χ3v) is 6.73. The number of rotatable bonds is 23. The van der Waals surface area contributed by atoms with E-state index >= 15 is 0 Å². The molecular weight excluding hydrogens is 426 g/mol. The van der Waals surface area contributed by atoms with Gasteiger partial charge in [0.15, 0.2) is 6.29 Å². The average Bonchev–Trinajstić information content (AvgIpc) is 2.86. The van der Waals surface area contributed by atoms with Gasteiger partial charge in [0.1, 0.15) is 0 Å². The Morgan fingerprint density at radius 1 is 0.941 bits per heavy atom. The molecule has 0 radical (unpaired) electrons. The second-order valence-corrected chi connectivity index (χ2v) is 9.85. The summed E-state index contributed by atoms with van der Waals surface area (Å²) in [5, 5.41) is 3.84. The van der Waals surface area contributed by atoms with Gasteiger partial charge in [-0.05, 0) is 70.8 Å². The van der Waals surface area contributed by atoms with Crippen LogP contribution >= 0.6 is 0 Å². The summed E-state index contributed by atoms with van der Waals surface area (Å²) in [6, 6.07) is 0.622. The van der Waals surface area contributed by atoms with Crippen molar-refractivity contribution >= 4 is 5.97 Å². The van der Waals surface area contributed by atoms with Gasteiger partial charge in [-0.15, -0.1) is 0 Å². The van der Waals surface area contributed by atoms with Crippen molar-refractivity contribution in [2.45, 2.75) is 141 Å². The Bertz CT molecular complexity index is 477. The van der Waals surface area contributed by atoms with Crippen LogP contribution in [0.1, 0.15) is 129 Å². The number of nitrogens with one attached hydrogen (secondary N) is 1.